The molecule has 0 aliphatic carbocycles. The molecule has 1 saturated heterocycles. The number of halogens is 3. The lowest BCUT2D eigenvalue weighted by molar-refractivity contribution is 0.0981. The Labute approximate surface area is 195 Å². The van der Waals surface area contributed by atoms with E-state index in [9.17, 15) is 9.18 Å². The molecule has 0 bridgehead atoms. The number of benzene rings is 2. The fourth-order valence-electron chi connectivity index (χ4n) is 4.26. The quantitative estimate of drug-likeness (QED) is 0.468. The Morgan fingerprint density at radius 3 is 2.65 bits per heavy atom. The molecule has 0 saturated carbocycles. The fraction of sp³-hybridized carbons (Fsp3) is 0.364. The van der Waals surface area contributed by atoms with E-state index in [0.29, 0.717) is 15.6 Å². The SMILES string of the molecule is CSNC(=O)c1cc2c(C)nn(C3CCN(C(C)c4cc(Cl)cc(Cl)c4)C3)c2cc1F. The predicted molar refractivity (Wildman–Crippen MR) is 126 cm³/mol. The van der Waals surface area contributed by atoms with Gasteiger partial charge in [0, 0.05) is 46.9 Å². The molecule has 2 heterocycles. The van der Waals surface area contributed by atoms with E-state index in [1.807, 2.05) is 23.7 Å². The number of nitrogens with zero attached hydrogens (tertiary/aromatic N) is 3. The van der Waals surface area contributed by atoms with Gasteiger partial charge in [-0.15, -0.1) is 0 Å². The summed E-state index contributed by atoms with van der Waals surface area (Å²) in [7, 11) is 0. The highest BCUT2D eigenvalue weighted by Gasteiger charge is 2.30. The second kappa shape index (κ2) is 8.98. The number of hydrogen-bond donors (Lipinski definition) is 1. The largest absolute Gasteiger partial charge is 0.296 e. The molecule has 1 aliphatic rings. The average molecular weight is 481 g/mol. The molecule has 1 amide bonds. The molecule has 31 heavy (non-hydrogen) atoms. The monoisotopic (exact) mass is 480 g/mol. The highest BCUT2D eigenvalue weighted by Crippen LogP contribution is 2.34. The zero-order valence-electron chi connectivity index (χ0n) is 17.5. The Bertz CT molecular complexity index is 1130. The van der Waals surface area contributed by atoms with Crippen molar-refractivity contribution in [1.29, 1.82) is 0 Å². The minimum atomic E-state index is -0.544. The van der Waals surface area contributed by atoms with E-state index in [1.165, 1.54) is 6.07 Å². The minimum Gasteiger partial charge on any atom is -0.296 e. The summed E-state index contributed by atoms with van der Waals surface area (Å²) in [6, 6.07) is 8.88. The summed E-state index contributed by atoms with van der Waals surface area (Å²) < 4.78 is 19.2. The van der Waals surface area contributed by atoms with Gasteiger partial charge in [0.25, 0.3) is 5.91 Å². The van der Waals surface area contributed by atoms with Crippen molar-refractivity contribution in [1.82, 2.24) is 19.4 Å². The van der Waals surface area contributed by atoms with Gasteiger partial charge >= 0.3 is 0 Å². The van der Waals surface area contributed by atoms with E-state index in [4.69, 9.17) is 28.3 Å². The number of likely N-dealkylation sites (tertiary alicyclic amines) is 1. The predicted octanol–water partition coefficient (Wildman–Crippen LogP) is 5.81. The maximum absolute atomic E-state index is 14.7. The third kappa shape index (κ3) is 4.42. The molecular weight excluding hydrogens is 458 g/mol. The van der Waals surface area contributed by atoms with Crippen LogP contribution in [-0.4, -0.2) is 39.9 Å². The standard InChI is InChI=1S/C22H23Cl2FN4OS/c1-12-18-9-19(22(30)27-31-3)20(25)10-21(18)29(26-12)17-4-5-28(11-17)13(2)14-6-15(23)8-16(24)7-14/h6-10,13,17H,4-5,11H2,1-3H3,(H,27,30). The van der Waals surface area contributed by atoms with Crippen LogP contribution in [0.1, 0.15) is 47.0 Å². The first kappa shape index (κ1) is 22.4. The lowest BCUT2D eigenvalue weighted by atomic mass is 10.1. The van der Waals surface area contributed by atoms with Crippen molar-refractivity contribution in [3.05, 3.63) is 63.0 Å². The van der Waals surface area contributed by atoms with Gasteiger partial charge in [-0.25, -0.2) is 4.39 Å². The van der Waals surface area contributed by atoms with Crippen molar-refractivity contribution in [3.63, 3.8) is 0 Å². The van der Waals surface area contributed by atoms with Crippen LogP contribution in [-0.2, 0) is 0 Å². The highest BCUT2D eigenvalue weighted by atomic mass is 35.5. The lowest BCUT2D eigenvalue weighted by Crippen LogP contribution is -2.25. The number of hydrogen-bond acceptors (Lipinski definition) is 4. The molecule has 2 unspecified atom stereocenters. The number of aromatic nitrogens is 2. The molecule has 4 rings (SSSR count). The fourth-order valence-corrected chi connectivity index (χ4v) is 5.10. The van der Waals surface area contributed by atoms with E-state index in [2.05, 4.69) is 16.5 Å². The van der Waals surface area contributed by atoms with Crippen LogP contribution in [0.25, 0.3) is 10.9 Å². The van der Waals surface area contributed by atoms with Crippen molar-refractivity contribution in [2.45, 2.75) is 32.4 Å². The topological polar surface area (TPSA) is 50.2 Å². The van der Waals surface area contributed by atoms with Crippen molar-refractivity contribution in [3.8, 4) is 0 Å². The van der Waals surface area contributed by atoms with Crippen LogP contribution in [0, 0.1) is 12.7 Å². The van der Waals surface area contributed by atoms with Gasteiger partial charge in [0.2, 0.25) is 0 Å². The summed E-state index contributed by atoms with van der Waals surface area (Å²) >= 11 is 13.5. The Morgan fingerprint density at radius 2 is 1.97 bits per heavy atom. The number of carbonyl (C=O) groups excluding carboxylic acids is 1. The van der Waals surface area contributed by atoms with Gasteiger partial charge in [-0.3, -0.25) is 19.1 Å². The summed E-state index contributed by atoms with van der Waals surface area (Å²) in [5, 5.41) is 6.73. The smallest absolute Gasteiger partial charge is 0.264 e. The van der Waals surface area contributed by atoms with Crippen LogP contribution in [0.5, 0.6) is 0 Å². The zero-order valence-corrected chi connectivity index (χ0v) is 19.8. The van der Waals surface area contributed by atoms with E-state index >= 15 is 0 Å². The van der Waals surface area contributed by atoms with E-state index in [1.54, 1.807) is 18.4 Å². The molecule has 0 spiro atoms. The molecule has 2 atom stereocenters. The number of amides is 1. The van der Waals surface area contributed by atoms with Crippen molar-refractivity contribution < 1.29 is 9.18 Å². The number of nitrogens with one attached hydrogen (secondary N) is 1. The summed E-state index contributed by atoms with van der Waals surface area (Å²) in [5.74, 6) is -0.989. The number of fused-ring (bicyclic) bond motifs is 1. The molecule has 0 radical (unpaired) electrons. The van der Waals surface area contributed by atoms with Crippen LogP contribution in [0.3, 0.4) is 0 Å². The van der Waals surface area contributed by atoms with Crippen LogP contribution in [0.2, 0.25) is 10.0 Å². The second-order valence-electron chi connectivity index (χ2n) is 7.83. The minimum absolute atomic E-state index is 0.0315. The molecular formula is C22H23Cl2FN4OS. The summed E-state index contributed by atoms with van der Waals surface area (Å²) in [6.45, 7) is 5.67. The Hall–Kier alpha value is -1.80. The van der Waals surface area contributed by atoms with E-state index < -0.39 is 11.7 Å². The summed E-state index contributed by atoms with van der Waals surface area (Å²) in [6.07, 6.45) is 2.62. The third-order valence-electron chi connectivity index (χ3n) is 5.87. The number of carbonyl (C=O) groups is 1. The van der Waals surface area contributed by atoms with Crippen LogP contribution < -0.4 is 4.72 Å². The Kier molecular flexibility index (Phi) is 6.49. The van der Waals surface area contributed by atoms with Crippen LogP contribution in [0.15, 0.2) is 30.3 Å². The van der Waals surface area contributed by atoms with E-state index in [-0.39, 0.29) is 17.6 Å². The molecule has 9 heteroatoms. The molecule has 1 aromatic heterocycles. The molecule has 2 aromatic carbocycles. The van der Waals surface area contributed by atoms with Gasteiger partial charge in [0.05, 0.1) is 22.8 Å². The number of rotatable bonds is 5. The molecule has 1 aliphatic heterocycles. The lowest BCUT2D eigenvalue weighted by Gasteiger charge is -2.25. The first-order valence-corrected chi connectivity index (χ1v) is 12.0. The number of aryl methyl sites for hydroxylation is 1. The van der Waals surface area contributed by atoms with Crippen molar-refractivity contribution in [2.24, 2.45) is 0 Å². The van der Waals surface area contributed by atoms with Gasteiger partial charge in [-0.2, -0.15) is 5.10 Å². The Morgan fingerprint density at radius 1 is 1.26 bits per heavy atom. The second-order valence-corrected chi connectivity index (χ2v) is 9.32. The van der Waals surface area contributed by atoms with Gasteiger partial charge in [0.15, 0.2) is 0 Å². The highest BCUT2D eigenvalue weighted by molar-refractivity contribution is 7.97. The summed E-state index contributed by atoms with van der Waals surface area (Å²) in [5.41, 5.74) is 2.58. The molecule has 3 aromatic rings. The molecule has 1 N–H and O–H groups in total. The van der Waals surface area contributed by atoms with Gasteiger partial charge in [-0.1, -0.05) is 35.1 Å². The zero-order chi connectivity index (χ0) is 22.3. The third-order valence-corrected chi connectivity index (χ3v) is 6.70. The first-order valence-electron chi connectivity index (χ1n) is 10.00. The maximum atomic E-state index is 14.7. The van der Waals surface area contributed by atoms with Gasteiger partial charge in [0.1, 0.15) is 5.82 Å². The van der Waals surface area contributed by atoms with Gasteiger partial charge in [-0.05, 0) is 50.1 Å². The Balaban J connectivity index is 1.61. The van der Waals surface area contributed by atoms with Crippen molar-refractivity contribution in [2.75, 3.05) is 19.3 Å². The first-order chi connectivity index (χ1) is 14.8. The normalized spacial score (nSPS) is 17.9. The molecule has 164 valence electrons. The molecule has 5 nitrogen and oxygen atoms in total. The molecule has 1 fully saturated rings. The van der Waals surface area contributed by atoms with Crippen LogP contribution in [0.4, 0.5) is 4.39 Å². The van der Waals surface area contributed by atoms with E-state index in [0.717, 1.165) is 48.1 Å². The van der Waals surface area contributed by atoms with Gasteiger partial charge < -0.3 is 0 Å². The average Bonchev–Trinajstić information content (AvgIpc) is 3.31. The van der Waals surface area contributed by atoms with Crippen LogP contribution >= 0.6 is 35.1 Å². The maximum Gasteiger partial charge on any atom is 0.264 e. The summed E-state index contributed by atoms with van der Waals surface area (Å²) in [4.78, 5) is 14.5. The van der Waals surface area contributed by atoms with Crippen molar-refractivity contribution >= 4 is 52.0 Å².